The SMILES string of the molecule is Cc1ccc(-n2cc3[nH]c(=O)[nH]n3c2=O)cc1. The zero-order valence-corrected chi connectivity index (χ0v) is 9.10. The fourth-order valence-electron chi connectivity index (χ4n) is 1.78. The monoisotopic (exact) mass is 230 g/mol. The summed E-state index contributed by atoms with van der Waals surface area (Å²) in [5.41, 5.74) is 1.63. The Morgan fingerprint density at radius 3 is 2.47 bits per heavy atom. The molecule has 0 bridgehead atoms. The molecule has 17 heavy (non-hydrogen) atoms. The summed E-state index contributed by atoms with van der Waals surface area (Å²) in [6, 6.07) is 7.57. The van der Waals surface area contributed by atoms with Gasteiger partial charge in [-0.25, -0.2) is 14.7 Å². The minimum atomic E-state index is -0.395. The molecule has 0 aliphatic heterocycles. The lowest BCUT2D eigenvalue weighted by molar-refractivity contribution is 0.839. The number of nitrogens with one attached hydrogen (secondary N) is 2. The van der Waals surface area contributed by atoms with Crippen LogP contribution in [-0.4, -0.2) is 19.2 Å². The van der Waals surface area contributed by atoms with Crippen LogP contribution in [0.4, 0.5) is 0 Å². The summed E-state index contributed by atoms with van der Waals surface area (Å²) >= 11 is 0. The molecule has 3 aromatic rings. The van der Waals surface area contributed by atoms with E-state index in [0.29, 0.717) is 5.65 Å². The molecule has 0 saturated heterocycles. The standard InChI is InChI=1S/C11H10N4O2/c1-7-2-4-8(5-3-7)14-6-9-12-10(16)13-15(9)11(14)17/h2-6H,1H3,(H2,12,13,16). The highest BCUT2D eigenvalue weighted by molar-refractivity contribution is 5.41. The second-order valence-electron chi connectivity index (χ2n) is 3.90. The zero-order valence-electron chi connectivity index (χ0n) is 9.10. The van der Waals surface area contributed by atoms with Gasteiger partial charge in [-0.1, -0.05) is 17.7 Å². The highest BCUT2D eigenvalue weighted by Crippen LogP contribution is 2.07. The van der Waals surface area contributed by atoms with Crippen molar-refractivity contribution in [3.63, 3.8) is 0 Å². The molecule has 0 saturated carbocycles. The summed E-state index contributed by atoms with van der Waals surface area (Å²) in [6.07, 6.45) is 1.59. The second-order valence-corrected chi connectivity index (χ2v) is 3.90. The molecule has 86 valence electrons. The van der Waals surface area contributed by atoms with Crippen molar-refractivity contribution in [2.75, 3.05) is 0 Å². The van der Waals surface area contributed by atoms with Crippen molar-refractivity contribution in [2.45, 2.75) is 6.92 Å². The van der Waals surface area contributed by atoms with E-state index in [1.54, 1.807) is 6.20 Å². The number of hydrogen-bond donors (Lipinski definition) is 2. The van der Waals surface area contributed by atoms with Gasteiger partial charge in [-0.05, 0) is 19.1 Å². The molecule has 2 heterocycles. The molecule has 0 atom stereocenters. The number of imidazole rings is 1. The predicted molar refractivity (Wildman–Crippen MR) is 62.7 cm³/mol. The fraction of sp³-hybridized carbons (Fsp3) is 0.0909. The van der Waals surface area contributed by atoms with Gasteiger partial charge < -0.3 is 0 Å². The molecule has 0 unspecified atom stereocenters. The quantitative estimate of drug-likeness (QED) is 0.635. The van der Waals surface area contributed by atoms with Gasteiger partial charge in [-0.15, -0.1) is 0 Å². The van der Waals surface area contributed by atoms with Crippen LogP contribution in [0, 0.1) is 6.92 Å². The molecule has 1 aromatic carbocycles. The van der Waals surface area contributed by atoms with E-state index in [9.17, 15) is 9.59 Å². The van der Waals surface area contributed by atoms with Crippen LogP contribution in [0.2, 0.25) is 0 Å². The maximum atomic E-state index is 12.0. The molecule has 0 spiro atoms. The molecule has 2 aromatic heterocycles. The smallest absolute Gasteiger partial charge is 0.290 e. The predicted octanol–water partition coefficient (Wildman–Crippen LogP) is 0.415. The number of aromatic nitrogens is 4. The zero-order chi connectivity index (χ0) is 12.0. The first kappa shape index (κ1) is 9.71. The van der Waals surface area contributed by atoms with E-state index in [-0.39, 0.29) is 5.69 Å². The van der Waals surface area contributed by atoms with Crippen molar-refractivity contribution in [3.8, 4) is 5.69 Å². The van der Waals surface area contributed by atoms with E-state index in [1.807, 2.05) is 31.2 Å². The second kappa shape index (κ2) is 3.24. The third-order valence-corrected chi connectivity index (χ3v) is 2.66. The molecule has 0 fully saturated rings. The number of aryl methyl sites for hydroxylation is 1. The number of H-pyrrole nitrogens is 2. The van der Waals surface area contributed by atoms with Crippen LogP contribution in [0.5, 0.6) is 0 Å². The number of nitrogens with zero attached hydrogens (tertiary/aromatic N) is 2. The Morgan fingerprint density at radius 1 is 1.12 bits per heavy atom. The van der Waals surface area contributed by atoms with E-state index >= 15 is 0 Å². The Morgan fingerprint density at radius 2 is 1.82 bits per heavy atom. The van der Waals surface area contributed by atoms with E-state index in [4.69, 9.17) is 0 Å². The van der Waals surface area contributed by atoms with Crippen LogP contribution in [-0.2, 0) is 0 Å². The summed E-state index contributed by atoms with van der Waals surface area (Å²) in [6.45, 7) is 1.98. The summed E-state index contributed by atoms with van der Waals surface area (Å²) in [5.74, 6) is 0. The van der Waals surface area contributed by atoms with Gasteiger partial charge in [-0.3, -0.25) is 9.55 Å². The minimum absolute atomic E-state index is 0.304. The number of benzene rings is 1. The van der Waals surface area contributed by atoms with Gasteiger partial charge in [0.05, 0.1) is 11.9 Å². The Bertz CT molecular complexity index is 785. The van der Waals surface area contributed by atoms with Crippen molar-refractivity contribution in [1.29, 1.82) is 0 Å². The summed E-state index contributed by atoms with van der Waals surface area (Å²) in [7, 11) is 0. The third-order valence-electron chi connectivity index (χ3n) is 2.66. The fourth-order valence-corrected chi connectivity index (χ4v) is 1.78. The Labute approximate surface area is 95.1 Å². The molecule has 0 amide bonds. The van der Waals surface area contributed by atoms with Crippen molar-refractivity contribution in [3.05, 3.63) is 57.0 Å². The lowest BCUT2D eigenvalue weighted by Gasteiger charge is -2.00. The summed E-state index contributed by atoms with van der Waals surface area (Å²) < 4.78 is 2.66. The number of fused-ring (bicyclic) bond motifs is 1. The van der Waals surface area contributed by atoms with Crippen molar-refractivity contribution < 1.29 is 0 Å². The first-order valence-corrected chi connectivity index (χ1v) is 5.14. The molecule has 2 N–H and O–H groups in total. The number of hydrogen-bond acceptors (Lipinski definition) is 2. The van der Waals surface area contributed by atoms with Gasteiger partial charge in [0.15, 0.2) is 5.65 Å². The maximum absolute atomic E-state index is 12.0. The molecule has 3 rings (SSSR count). The first-order valence-electron chi connectivity index (χ1n) is 5.14. The Kier molecular flexibility index (Phi) is 1.85. The summed E-state index contributed by atoms with van der Waals surface area (Å²) in [4.78, 5) is 25.5. The maximum Gasteiger partial charge on any atom is 0.353 e. The molecule has 0 aliphatic rings. The molecular formula is C11H10N4O2. The van der Waals surface area contributed by atoms with Crippen molar-refractivity contribution >= 4 is 5.65 Å². The first-order chi connectivity index (χ1) is 8.15. The normalized spacial score (nSPS) is 11.1. The van der Waals surface area contributed by atoms with Crippen molar-refractivity contribution in [1.82, 2.24) is 19.2 Å². The highest BCUT2D eigenvalue weighted by Gasteiger charge is 2.08. The van der Waals surface area contributed by atoms with Gasteiger partial charge in [0.25, 0.3) is 0 Å². The Balaban J connectivity index is 2.27. The minimum Gasteiger partial charge on any atom is -0.290 e. The van der Waals surface area contributed by atoms with Crippen LogP contribution in [0.15, 0.2) is 40.1 Å². The lowest BCUT2D eigenvalue weighted by Crippen LogP contribution is -2.21. The van der Waals surface area contributed by atoms with Gasteiger partial charge >= 0.3 is 11.4 Å². The molecule has 0 radical (unpaired) electrons. The van der Waals surface area contributed by atoms with E-state index in [1.165, 1.54) is 9.08 Å². The van der Waals surface area contributed by atoms with Crippen LogP contribution < -0.4 is 11.4 Å². The lowest BCUT2D eigenvalue weighted by atomic mass is 10.2. The number of aromatic amines is 2. The van der Waals surface area contributed by atoms with E-state index in [2.05, 4.69) is 10.1 Å². The van der Waals surface area contributed by atoms with Crippen LogP contribution in [0.25, 0.3) is 11.3 Å². The van der Waals surface area contributed by atoms with Gasteiger partial charge in [-0.2, -0.15) is 4.52 Å². The topological polar surface area (TPSA) is 75.1 Å². The average molecular weight is 230 g/mol. The van der Waals surface area contributed by atoms with Gasteiger partial charge in [0, 0.05) is 0 Å². The van der Waals surface area contributed by atoms with Crippen LogP contribution in [0.3, 0.4) is 0 Å². The van der Waals surface area contributed by atoms with Crippen LogP contribution >= 0.6 is 0 Å². The highest BCUT2D eigenvalue weighted by atomic mass is 16.2. The Hall–Kier alpha value is -2.50. The molecule has 6 heteroatoms. The van der Waals surface area contributed by atoms with E-state index in [0.717, 1.165) is 11.3 Å². The van der Waals surface area contributed by atoms with Crippen molar-refractivity contribution in [2.24, 2.45) is 0 Å². The molecule has 6 nitrogen and oxygen atoms in total. The number of rotatable bonds is 1. The van der Waals surface area contributed by atoms with E-state index < -0.39 is 5.69 Å². The van der Waals surface area contributed by atoms with Crippen LogP contribution in [0.1, 0.15) is 5.56 Å². The largest absolute Gasteiger partial charge is 0.353 e. The molecule has 0 aliphatic carbocycles. The average Bonchev–Trinajstić information content (AvgIpc) is 2.79. The summed E-state index contributed by atoms with van der Waals surface area (Å²) in [5, 5.41) is 2.40. The van der Waals surface area contributed by atoms with Gasteiger partial charge in [0.1, 0.15) is 0 Å². The van der Waals surface area contributed by atoms with Gasteiger partial charge in [0.2, 0.25) is 0 Å². The molecular weight excluding hydrogens is 220 g/mol. The third kappa shape index (κ3) is 1.42.